The quantitative estimate of drug-likeness (QED) is 0.536. The van der Waals surface area contributed by atoms with Gasteiger partial charge in [-0.2, -0.15) is 0 Å². The highest BCUT2D eigenvalue weighted by molar-refractivity contribution is 6.09. The van der Waals surface area contributed by atoms with E-state index in [0.29, 0.717) is 23.4 Å². The van der Waals surface area contributed by atoms with Gasteiger partial charge in [0.1, 0.15) is 11.5 Å². The number of Topliss-reactive ketones (excluding diaryl/α,β-unsaturated/α-hetero) is 1. The standard InChI is InChI=1S/C28H30N2O4/c1-6-29-23-13-25-21(10-15(23)3)27(19-9-8-18(17(5)31)12-20(19)28(32)33)22-11-16(4)24(30-7-2)14-26(22)34-25/h8-14,21,27,30H,6-7H2,1-5H3,(H,32,33)/b29-23-. The average molecular weight is 459 g/mol. The molecular weight excluding hydrogens is 428 g/mol. The third kappa shape index (κ3) is 4.16. The molecule has 0 bridgehead atoms. The fraction of sp³-hybridized carbons (Fsp3) is 0.321. The maximum atomic E-state index is 12.3. The molecule has 0 amide bonds. The molecule has 0 fully saturated rings. The third-order valence-corrected chi connectivity index (χ3v) is 6.44. The van der Waals surface area contributed by atoms with E-state index in [4.69, 9.17) is 4.74 Å². The van der Waals surface area contributed by atoms with Gasteiger partial charge in [-0.15, -0.1) is 0 Å². The fourth-order valence-corrected chi connectivity index (χ4v) is 4.82. The van der Waals surface area contributed by atoms with Crippen molar-refractivity contribution in [2.75, 3.05) is 18.4 Å². The first kappa shape index (κ1) is 23.5. The number of nitrogens with one attached hydrogen (secondary N) is 1. The van der Waals surface area contributed by atoms with Gasteiger partial charge in [0.05, 0.1) is 11.3 Å². The molecule has 1 aliphatic carbocycles. The Hall–Kier alpha value is -3.67. The Kier molecular flexibility index (Phi) is 6.42. The lowest BCUT2D eigenvalue weighted by Gasteiger charge is -2.37. The molecule has 6 heteroatoms. The van der Waals surface area contributed by atoms with Crippen molar-refractivity contribution in [2.24, 2.45) is 10.9 Å². The SMILES string of the molecule is CC/N=C1/C=C2Oc3cc(NCC)c(C)cc3C(c3ccc(C(C)=O)cc3C(=O)O)C2C=C1C. The molecule has 2 aromatic rings. The van der Waals surface area contributed by atoms with Crippen LogP contribution in [-0.2, 0) is 0 Å². The molecule has 0 saturated heterocycles. The first-order valence-corrected chi connectivity index (χ1v) is 11.6. The number of carbonyl (C=O) groups excluding carboxylic acids is 1. The van der Waals surface area contributed by atoms with Crippen molar-refractivity contribution in [1.29, 1.82) is 0 Å². The minimum absolute atomic E-state index is 0.136. The first-order valence-electron chi connectivity index (χ1n) is 11.6. The van der Waals surface area contributed by atoms with Crippen molar-refractivity contribution in [3.63, 3.8) is 0 Å². The van der Waals surface area contributed by atoms with Crippen LogP contribution in [-0.4, -0.2) is 35.7 Å². The van der Waals surface area contributed by atoms with Crippen molar-refractivity contribution >= 4 is 23.2 Å². The molecule has 0 saturated carbocycles. The molecular formula is C28H30N2O4. The predicted octanol–water partition coefficient (Wildman–Crippen LogP) is 5.77. The monoisotopic (exact) mass is 458 g/mol. The number of hydrogen-bond donors (Lipinski definition) is 2. The number of carbonyl (C=O) groups is 2. The van der Waals surface area contributed by atoms with Crippen molar-refractivity contribution < 1.29 is 19.4 Å². The Morgan fingerprint density at radius 1 is 1.12 bits per heavy atom. The number of hydrogen-bond acceptors (Lipinski definition) is 5. The fourth-order valence-electron chi connectivity index (χ4n) is 4.82. The number of benzene rings is 2. The number of carboxylic acids is 1. The van der Waals surface area contributed by atoms with E-state index >= 15 is 0 Å². The number of anilines is 1. The molecule has 176 valence electrons. The summed E-state index contributed by atoms with van der Waals surface area (Å²) in [5.41, 5.74) is 6.06. The highest BCUT2D eigenvalue weighted by atomic mass is 16.5. The molecule has 6 nitrogen and oxygen atoms in total. The highest BCUT2D eigenvalue weighted by Gasteiger charge is 2.39. The predicted molar refractivity (Wildman–Crippen MR) is 135 cm³/mol. The van der Waals surface area contributed by atoms with Gasteiger partial charge in [0.25, 0.3) is 0 Å². The van der Waals surface area contributed by atoms with Gasteiger partial charge in [-0.3, -0.25) is 9.79 Å². The number of ether oxygens (including phenoxy) is 1. The molecule has 0 spiro atoms. The molecule has 2 N–H and O–H groups in total. The Balaban J connectivity index is 1.98. The van der Waals surface area contributed by atoms with Crippen molar-refractivity contribution in [1.82, 2.24) is 0 Å². The summed E-state index contributed by atoms with van der Waals surface area (Å²) >= 11 is 0. The zero-order valence-electron chi connectivity index (χ0n) is 20.2. The zero-order chi connectivity index (χ0) is 24.6. The number of rotatable bonds is 6. The van der Waals surface area contributed by atoms with Crippen molar-refractivity contribution in [3.8, 4) is 5.75 Å². The van der Waals surface area contributed by atoms with Gasteiger partial charge in [-0.25, -0.2) is 4.79 Å². The largest absolute Gasteiger partial charge is 0.478 e. The van der Waals surface area contributed by atoms with Gasteiger partial charge in [-0.05, 0) is 63.5 Å². The summed E-state index contributed by atoms with van der Waals surface area (Å²) in [6, 6.07) is 9.06. The van der Waals surface area contributed by atoms with Crippen LogP contribution in [0.1, 0.15) is 71.0 Å². The van der Waals surface area contributed by atoms with Gasteiger partial charge in [0.15, 0.2) is 5.78 Å². The van der Waals surface area contributed by atoms with E-state index in [1.165, 1.54) is 13.0 Å². The minimum Gasteiger partial charge on any atom is -0.478 e. The van der Waals surface area contributed by atoms with E-state index in [0.717, 1.165) is 40.4 Å². The second-order valence-corrected chi connectivity index (χ2v) is 8.76. The van der Waals surface area contributed by atoms with Crippen LogP contribution in [0.3, 0.4) is 0 Å². The maximum absolute atomic E-state index is 12.3. The van der Waals surface area contributed by atoms with E-state index in [1.54, 1.807) is 12.1 Å². The lowest BCUT2D eigenvalue weighted by Crippen LogP contribution is -2.29. The average Bonchev–Trinajstić information content (AvgIpc) is 2.79. The number of ketones is 1. The molecule has 4 rings (SSSR count). The lowest BCUT2D eigenvalue weighted by molar-refractivity contribution is 0.0695. The number of fused-ring (bicyclic) bond motifs is 2. The van der Waals surface area contributed by atoms with Crippen LogP contribution in [0, 0.1) is 12.8 Å². The molecule has 1 heterocycles. The summed E-state index contributed by atoms with van der Waals surface area (Å²) in [5, 5.41) is 13.4. The number of carboxylic acid groups (broad SMARTS) is 1. The van der Waals surface area contributed by atoms with Crippen LogP contribution in [0.25, 0.3) is 0 Å². The first-order chi connectivity index (χ1) is 16.2. The van der Waals surface area contributed by atoms with Crippen LogP contribution in [0.15, 0.2) is 58.8 Å². The molecule has 2 atom stereocenters. The second-order valence-electron chi connectivity index (χ2n) is 8.76. The third-order valence-electron chi connectivity index (χ3n) is 6.44. The Morgan fingerprint density at radius 3 is 2.53 bits per heavy atom. The van der Waals surface area contributed by atoms with E-state index in [-0.39, 0.29) is 23.2 Å². The molecule has 34 heavy (non-hydrogen) atoms. The summed E-state index contributed by atoms with van der Waals surface area (Å²) in [5.74, 6) is -0.244. The highest BCUT2D eigenvalue weighted by Crippen LogP contribution is 2.50. The topological polar surface area (TPSA) is 88.0 Å². The summed E-state index contributed by atoms with van der Waals surface area (Å²) in [7, 11) is 0. The molecule has 2 unspecified atom stereocenters. The summed E-state index contributed by atoms with van der Waals surface area (Å²) < 4.78 is 6.41. The number of aromatic carboxylic acids is 1. The summed E-state index contributed by atoms with van der Waals surface area (Å²) in [6.45, 7) is 11.0. The number of aryl methyl sites for hydroxylation is 1. The Bertz CT molecular complexity index is 1270. The van der Waals surface area contributed by atoms with Gasteiger partial charge < -0.3 is 15.2 Å². The number of aliphatic imine (C=N–C) groups is 1. The van der Waals surface area contributed by atoms with Crippen LogP contribution in [0.5, 0.6) is 5.75 Å². The normalized spacial score (nSPS) is 20.0. The Morgan fingerprint density at radius 2 is 1.88 bits per heavy atom. The van der Waals surface area contributed by atoms with Gasteiger partial charge in [0.2, 0.25) is 0 Å². The zero-order valence-corrected chi connectivity index (χ0v) is 20.2. The van der Waals surface area contributed by atoms with E-state index < -0.39 is 5.97 Å². The van der Waals surface area contributed by atoms with E-state index in [1.807, 2.05) is 39.8 Å². The van der Waals surface area contributed by atoms with Crippen LogP contribution >= 0.6 is 0 Å². The Labute approximate surface area is 200 Å². The molecule has 1 aliphatic heterocycles. The van der Waals surface area contributed by atoms with Gasteiger partial charge >= 0.3 is 5.97 Å². The van der Waals surface area contributed by atoms with E-state index in [2.05, 4.69) is 22.5 Å². The molecule has 2 aromatic carbocycles. The summed E-state index contributed by atoms with van der Waals surface area (Å²) in [4.78, 5) is 28.9. The molecule has 2 aliphatic rings. The summed E-state index contributed by atoms with van der Waals surface area (Å²) in [6.07, 6.45) is 4.09. The van der Waals surface area contributed by atoms with Crippen molar-refractivity contribution in [3.05, 3.63) is 81.6 Å². The minimum atomic E-state index is -1.05. The molecule has 0 radical (unpaired) electrons. The lowest BCUT2D eigenvalue weighted by atomic mass is 9.73. The second kappa shape index (κ2) is 9.29. The van der Waals surface area contributed by atoms with Gasteiger partial charge in [0, 0.05) is 53.9 Å². The van der Waals surface area contributed by atoms with Crippen LogP contribution in [0.4, 0.5) is 5.69 Å². The maximum Gasteiger partial charge on any atom is 0.336 e. The van der Waals surface area contributed by atoms with Gasteiger partial charge in [-0.1, -0.05) is 18.2 Å². The van der Waals surface area contributed by atoms with Crippen LogP contribution in [0.2, 0.25) is 0 Å². The van der Waals surface area contributed by atoms with Crippen molar-refractivity contribution in [2.45, 2.75) is 40.5 Å². The number of nitrogens with zero attached hydrogens (tertiary/aromatic N) is 1. The van der Waals surface area contributed by atoms with E-state index in [9.17, 15) is 14.7 Å². The van der Waals surface area contributed by atoms with Crippen LogP contribution < -0.4 is 10.1 Å². The smallest absolute Gasteiger partial charge is 0.336 e. The molecule has 0 aromatic heterocycles. The number of allylic oxidation sites excluding steroid dienone is 3.